The van der Waals surface area contributed by atoms with E-state index in [-0.39, 0.29) is 0 Å². The van der Waals surface area contributed by atoms with E-state index in [9.17, 15) is 0 Å². The van der Waals surface area contributed by atoms with Crippen molar-refractivity contribution in [2.75, 3.05) is 13.1 Å². The highest BCUT2D eigenvalue weighted by Gasteiger charge is 2.42. The second kappa shape index (κ2) is 11.5. The van der Waals surface area contributed by atoms with Gasteiger partial charge in [-0.3, -0.25) is 4.99 Å². The topological polar surface area (TPSA) is 36.4 Å². The van der Waals surface area contributed by atoms with Crippen molar-refractivity contribution in [3.05, 3.63) is 118 Å². The summed E-state index contributed by atoms with van der Waals surface area (Å²) < 4.78 is 0. The Hall–Kier alpha value is -3.33. The van der Waals surface area contributed by atoms with Crippen LogP contribution in [0.3, 0.4) is 0 Å². The van der Waals surface area contributed by atoms with Crippen LogP contribution in [0.1, 0.15) is 64.7 Å². The molecule has 3 nitrogen and oxygen atoms in total. The Labute approximate surface area is 270 Å². The zero-order valence-electron chi connectivity index (χ0n) is 26.9. The first-order chi connectivity index (χ1) is 22.2. The molecular weight excluding hydrogens is 546 g/mol. The van der Waals surface area contributed by atoms with Crippen LogP contribution < -0.4 is 10.6 Å². The molecule has 0 radical (unpaired) electrons. The van der Waals surface area contributed by atoms with Crippen LogP contribution in [0.25, 0.3) is 0 Å². The van der Waals surface area contributed by atoms with E-state index in [0.717, 1.165) is 18.9 Å². The summed E-state index contributed by atoms with van der Waals surface area (Å²) in [5.74, 6) is 5.63. The smallest absolute Gasteiger partial charge is 0.0931 e. The molecule has 0 spiro atoms. The van der Waals surface area contributed by atoms with Crippen molar-refractivity contribution in [1.82, 2.24) is 10.6 Å². The van der Waals surface area contributed by atoms with Gasteiger partial charge in [0.2, 0.25) is 0 Å². The molecule has 9 rings (SSSR count). The van der Waals surface area contributed by atoms with Crippen molar-refractivity contribution in [2.24, 2.45) is 52.3 Å². The normalized spacial score (nSPS) is 39.6. The molecular formula is C42H49N3. The molecule has 0 saturated heterocycles. The van der Waals surface area contributed by atoms with Gasteiger partial charge in [0.05, 0.1) is 11.9 Å². The molecule has 0 amide bonds. The molecule has 9 atom stereocenters. The second-order valence-electron chi connectivity index (χ2n) is 15.3. The average molecular weight is 596 g/mol. The lowest BCUT2D eigenvalue weighted by Gasteiger charge is -2.43. The molecule has 1 fully saturated rings. The lowest BCUT2D eigenvalue weighted by atomic mass is 9.62. The summed E-state index contributed by atoms with van der Waals surface area (Å²) in [6, 6.07) is 0.374. The Morgan fingerprint density at radius 2 is 1.78 bits per heavy atom. The van der Waals surface area contributed by atoms with Gasteiger partial charge in [0.1, 0.15) is 0 Å². The maximum atomic E-state index is 4.91. The van der Waals surface area contributed by atoms with E-state index in [0.29, 0.717) is 53.4 Å². The minimum Gasteiger partial charge on any atom is -0.381 e. The first-order valence-electron chi connectivity index (χ1n) is 18.2. The minimum atomic E-state index is 0.374. The van der Waals surface area contributed by atoms with Crippen LogP contribution in [0.4, 0.5) is 0 Å². The summed E-state index contributed by atoms with van der Waals surface area (Å²) in [6.45, 7) is 4.12. The zero-order chi connectivity index (χ0) is 29.9. The molecule has 0 aromatic carbocycles. The number of nitrogens with zero attached hydrogens (tertiary/aromatic N) is 1. The summed E-state index contributed by atoms with van der Waals surface area (Å²) in [7, 11) is 0. The zero-order valence-corrected chi connectivity index (χ0v) is 26.9. The van der Waals surface area contributed by atoms with Crippen LogP contribution in [-0.4, -0.2) is 25.0 Å². The lowest BCUT2D eigenvalue weighted by Crippen LogP contribution is -2.41. The fourth-order valence-electron chi connectivity index (χ4n) is 10.0. The third-order valence-corrected chi connectivity index (χ3v) is 12.6. The average Bonchev–Trinajstić information content (AvgIpc) is 3.76. The van der Waals surface area contributed by atoms with Crippen LogP contribution >= 0.6 is 0 Å². The van der Waals surface area contributed by atoms with Gasteiger partial charge in [0, 0.05) is 48.4 Å². The molecule has 2 aliphatic heterocycles. The van der Waals surface area contributed by atoms with E-state index in [1.165, 1.54) is 74.6 Å². The van der Waals surface area contributed by atoms with Gasteiger partial charge in [-0.25, -0.2) is 0 Å². The maximum absolute atomic E-state index is 4.91. The summed E-state index contributed by atoms with van der Waals surface area (Å²) in [4.78, 5) is 4.91. The molecule has 7 aliphatic carbocycles. The van der Waals surface area contributed by atoms with Gasteiger partial charge in [-0.15, -0.1) is 0 Å². The summed E-state index contributed by atoms with van der Waals surface area (Å²) in [5, 5.41) is 7.70. The van der Waals surface area contributed by atoms with Crippen LogP contribution in [0.2, 0.25) is 0 Å². The van der Waals surface area contributed by atoms with Crippen LogP contribution in [-0.2, 0) is 0 Å². The predicted octanol–water partition coefficient (Wildman–Crippen LogP) is 8.63. The van der Waals surface area contributed by atoms with E-state index in [1.807, 2.05) is 0 Å². The van der Waals surface area contributed by atoms with Crippen molar-refractivity contribution < 1.29 is 0 Å². The van der Waals surface area contributed by atoms with Gasteiger partial charge in [-0.05, 0) is 122 Å². The highest BCUT2D eigenvalue weighted by atomic mass is 15.0. The van der Waals surface area contributed by atoms with Crippen molar-refractivity contribution >= 4 is 5.84 Å². The van der Waals surface area contributed by atoms with Crippen molar-refractivity contribution in [3.63, 3.8) is 0 Å². The van der Waals surface area contributed by atoms with Crippen LogP contribution in [0, 0.1) is 47.3 Å². The molecule has 0 aromatic heterocycles. The lowest BCUT2D eigenvalue weighted by molar-refractivity contribution is 0.234. The Kier molecular flexibility index (Phi) is 7.13. The molecule has 0 bridgehead atoms. The van der Waals surface area contributed by atoms with Crippen molar-refractivity contribution in [1.29, 1.82) is 0 Å². The van der Waals surface area contributed by atoms with Crippen molar-refractivity contribution in [2.45, 2.75) is 70.8 Å². The summed E-state index contributed by atoms with van der Waals surface area (Å²) in [6.07, 6.45) is 44.0. The third kappa shape index (κ3) is 5.25. The number of hydrogen-bond donors (Lipinski definition) is 2. The van der Waals surface area contributed by atoms with Gasteiger partial charge in [0.15, 0.2) is 0 Å². The van der Waals surface area contributed by atoms with E-state index >= 15 is 0 Å². The third-order valence-electron chi connectivity index (χ3n) is 12.6. The van der Waals surface area contributed by atoms with E-state index < -0.39 is 0 Å². The number of hydrogen-bond acceptors (Lipinski definition) is 3. The highest BCUT2D eigenvalue weighted by Crippen LogP contribution is 2.51. The van der Waals surface area contributed by atoms with Gasteiger partial charge in [0.25, 0.3) is 0 Å². The molecule has 1 saturated carbocycles. The van der Waals surface area contributed by atoms with Crippen LogP contribution in [0.5, 0.6) is 0 Å². The number of allylic oxidation sites excluding steroid dienone is 17. The molecule has 2 N–H and O–H groups in total. The minimum absolute atomic E-state index is 0.374. The fourth-order valence-corrected chi connectivity index (χ4v) is 10.0. The summed E-state index contributed by atoms with van der Waals surface area (Å²) in [5.41, 5.74) is 11.1. The van der Waals surface area contributed by atoms with Crippen LogP contribution in [0.15, 0.2) is 123 Å². The molecule has 8 unspecified atom stereocenters. The fraction of sp³-hybridized carbons (Fsp3) is 0.500. The van der Waals surface area contributed by atoms with Gasteiger partial charge >= 0.3 is 0 Å². The number of aliphatic imine (C=N–C) groups is 1. The Bertz CT molecular complexity index is 1600. The highest BCUT2D eigenvalue weighted by molar-refractivity contribution is 5.80. The molecule has 45 heavy (non-hydrogen) atoms. The monoisotopic (exact) mass is 595 g/mol. The van der Waals surface area contributed by atoms with Gasteiger partial charge in [-0.2, -0.15) is 0 Å². The van der Waals surface area contributed by atoms with E-state index in [4.69, 9.17) is 4.99 Å². The predicted molar refractivity (Wildman–Crippen MR) is 186 cm³/mol. The maximum Gasteiger partial charge on any atom is 0.0931 e. The number of fused-ring (bicyclic) bond motifs is 3. The summed E-state index contributed by atoms with van der Waals surface area (Å²) >= 11 is 0. The van der Waals surface area contributed by atoms with Gasteiger partial charge < -0.3 is 10.6 Å². The quantitative estimate of drug-likeness (QED) is 0.312. The Morgan fingerprint density at radius 1 is 0.822 bits per heavy atom. The molecule has 9 aliphatic rings. The number of dihydropyridines is 1. The number of nitrogens with one attached hydrogen (secondary N) is 2. The molecule has 2 heterocycles. The molecule has 232 valence electrons. The van der Waals surface area contributed by atoms with Crippen molar-refractivity contribution in [3.8, 4) is 0 Å². The number of rotatable bonds is 5. The van der Waals surface area contributed by atoms with Gasteiger partial charge in [-0.1, -0.05) is 72.9 Å². The standard InChI is InChI=1S/C42H49N3/c1-26-43-24-34(25-44-26)31-17-30(18-33(19-31)40-20-28-11-5-6-12-35(28)36-13-7-8-14-37(36)40)32-22-41(27-9-3-2-4-10-27)45-42(23-32)38-16-15-29-21-39(29)38/h3,7-9,13-17,20-23,27,31,33-34,37-41,45H,2,4-6,10-12,18-19,24-25H2,1H3,(H,43,44)/t27?,31?,33?,37?,38?,39-,40?,41?/m1/s1. The van der Waals surface area contributed by atoms with E-state index in [2.05, 4.69) is 96.5 Å². The first-order valence-corrected chi connectivity index (χ1v) is 18.2. The largest absolute Gasteiger partial charge is 0.381 e. The Morgan fingerprint density at radius 3 is 2.60 bits per heavy atom. The first kappa shape index (κ1) is 27.9. The van der Waals surface area contributed by atoms with E-state index in [1.54, 1.807) is 22.3 Å². The molecule has 0 aromatic rings. The Balaban J connectivity index is 1.09. The molecule has 3 heteroatoms. The number of amidine groups is 1. The second-order valence-corrected chi connectivity index (χ2v) is 15.3. The SMILES string of the molecule is CC1=NCC(C2C=C(C3=CC(C4C=CCCC4)NC(C4C=CC5=C[C@H]54)=C3)CC(C3C=C4CCCCC4=C4C=CC=CC43)C2)CN1.